The molecule has 1 N–H and O–H groups in total. The largest absolute Gasteiger partial charge is 0.330 e. The van der Waals surface area contributed by atoms with Gasteiger partial charge in [-0.3, -0.25) is 14.4 Å². The molecule has 0 aromatic heterocycles. The summed E-state index contributed by atoms with van der Waals surface area (Å²) in [4.78, 5) is 37.6. The van der Waals surface area contributed by atoms with Gasteiger partial charge in [0.05, 0.1) is 5.02 Å². The van der Waals surface area contributed by atoms with Crippen LogP contribution in [0.3, 0.4) is 0 Å². The molecule has 23 heavy (non-hydrogen) atoms. The van der Waals surface area contributed by atoms with E-state index in [0.29, 0.717) is 29.2 Å². The monoisotopic (exact) mass is 336 g/mol. The Hall–Kier alpha value is -1.88. The molecule has 0 aliphatic carbocycles. The number of amides is 2. The number of carbonyl (C=O) groups is 3. The Labute approximate surface area is 141 Å². The Bertz CT molecular complexity index is 643. The predicted octanol–water partition coefficient (Wildman–Crippen LogP) is 3.13. The first kappa shape index (κ1) is 17.5. The first-order valence-corrected chi connectivity index (χ1v) is 8.10. The predicted molar refractivity (Wildman–Crippen MR) is 89.7 cm³/mol. The van der Waals surface area contributed by atoms with Gasteiger partial charge in [-0.15, -0.1) is 0 Å². The van der Waals surface area contributed by atoms with Crippen LogP contribution < -0.4 is 5.32 Å². The van der Waals surface area contributed by atoms with Crippen molar-refractivity contribution in [3.05, 3.63) is 28.8 Å². The lowest BCUT2D eigenvalue weighted by molar-refractivity contribution is -0.136. The molecule has 1 heterocycles. The van der Waals surface area contributed by atoms with Gasteiger partial charge in [0, 0.05) is 24.2 Å². The van der Waals surface area contributed by atoms with E-state index in [1.54, 1.807) is 23.1 Å². The quantitative estimate of drug-likeness (QED) is 0.840. The maximum Gasteiger partial charge on any atom is 0.247 e. The van der Waals surface area contributed by atoms with E-state index in [2.05, 4.69) is 5.32 Å². The third kappa shape index (κ3) is 3.91. The number of carbonyl (C=O) groups excluding carboxylic acids is 3. The zero-order chi connectivity index (χ0) is 17.1. The third-order valence-corrected chi connectivity index (χ3v) is 4.27. The van der Waals surface area contributed by atoms with Gasteiger partial charge in [-0.2, -0.15) is 0 Å². The molecular weight excluding hydrogens is 316 g/mol. The molecule has 0 spiro atoms. The van der Waals surface area contributed by atoms with E-state index in [0.717, 1.165) is 6.42 Å². The summed E-state index contributed by atoms with van der Waals surface area (Å²) in [6.07, 6.45) is 1.28. The second-order valence-corrected chi connectivity index (χ2v) is 6.53. The zero-order valence-corrected chi connectivity index (χ0v) is 14.3. The van der Waals surface area contributed by atoms with Crippen LogP contribution >= 0.6 is 11.6 Å². The van der Waals surface area contributed by atoms with Crippen LogP contribution in [0.4, 0.5) is 5.69 Å². The molecule has 1 fully saturated rings. The number of ketones is 1. The average molecular weight is 337 g/mol. The van der Waals surface area contributed by atoms with Crippen molar-refractivity contribution in [2.45, 2.75) is 39.7 Å². The van der Waals surface area contributed by atoms with Gasteiger partial charge < -0.3 is 10.2 Å². The Kier molecular flexibility index (Phi) is 5.42. The summed E-state index contributed by atoms with van der Waals surface area (Å²) in [6.45, 7) is 5.88. The molecule has 1 aromatic rings. The van der Waals surface area contributed by atoms with Gasteiger partial charge in [-0.05, 0) is 37.5 Å². The van der Waals surface area contributed by atoms with Gasteiger partial charge in [0.1, 0.15) is 6.04 Å². The number of benzene rings is 1. The van der Waals surface area contributed by atoms with Crippen LogP contribution in [0, 0.1) is 5.92 Å². The number of Topliss-reactive ketones (excluding diaryl/α,β-unsaturated/α-hetero) is 1. The highest BCUT2D eigenvalue weighted by Crippen LogP contribution is 2.24. The summed E-state index contributed by atoms with van der Waals surface area (Å²) in [6, 6.07) is 4.28. The van der Waals surface area contributed by atoms with E-state index in [1.807, 2.05) is 13.8 Å². The number of halogens is 1. The summed E-state index contributed by atoms with van der Waals surface area (Å²) >= 11 is 6.06. The van der Waals surface area contributed by atoms with E-state index in [-0.39, 0.29) is 23.5 Å². The molecule has 1 aliphatic heterocycles. The van der Waals surface area contributed by atoms with Crippen LogP contribution in [-0.4, -0.2) is 35.1 Å². The van der Waals surface area contributed by atoms with E-state index in [1.165, 1.54) is 6.92 Å². The van der Waals surface area contributed by atoms with Crippen LogP contribution in [0.5, 0.6) is 0 Å². The lowest BCUT2D eigenvalue weighted by Gasteiger charge is -2.29. The Morgan fingerprint density at radius 2 is 2.00 bits per heavy atom. The summed E-state index contributed by atoms with van der Waals surface area (Å²) in [5.74, 6) is -0.342. The fourth-order valence-corrected chi connectivity index (χ4v) is 3.18. The summed E-state index contributed by atoms with van der Waals surface area (Å²) < 4.78 is 0. The summed E-state index contributed by atoms with van der Waals surface area (Å²) in [5.41, 5.74) is 0.932. The molecule has 124 valence electrons. The van der Waals surface area contributed by atoms with Gasteiger partial charge in [-0.1, -0.05) is 25.4 Å². The van der Waals surface area contributed by atoms with E-state index < -0.39 is 6.04 Å². The number of nitrogens with one attached hydrogen (secondary N) is 1. The van der Waals surface area contributed by atoms with Crippen LogP contribution in [0.2, 0.25) is 5.02 Å². The number of rotatable bonds is 5. The molecule has 0 bridgehead atoms. The molecule has 5 nitrogen and oxygen atoms in total. The molecule has 2 rings (SSSR count). The van der Waals surface area contributed by atoms with Crippen molar-refractivity contribution in [2.24, 2.45) is 5.92 Å². The number of hydrogen-bond donors (Lipinski definition) is 1. The summed E-state index contributed by atoms with van der Waals surface area (Å²) in [7, 11) is 0. The highest BCUT2D eigenvalue weighted by Gasteiger charge is 2.34. The first-order valence-electron chi connectivity index (χ1n) is 7.72. The second-order valence-electron chi connectivity index (χ2n) is 6.12. The van der Waals surface area contributed by atoms with Crippen LogP contribution in [0.15, 0.2) is 18.2 Å². The lowest BCUT2D eigenvalue weighted by atomic mass is 10.0. The van der Waals surface area contributed by atoms with Gasteiger partial charge >= 0.3 is 0 Å². The number of likely N-dealkylation sites (tertiary alicyclic amines) is 1. The topological polar surface area (TPSA) is 66.5 Å². The van der Waals surface area contributed by atoms with E-state index in [9.17, 15) is 14.4 Å². The second kappa shape index (κ2) is 7.13. The van der Waals surface area contributed by atoms with Crippen molar-refractivity contribution in [2.75, 3.05) is 11.9 Å². The van der Waals surface area contributed by atoms with Crippen molar-refractivity contribution in [3.8, 4) is 0 Å². The molecule has 0 radical (unpaired) electrons. The SMILES string of the molecule is CC(=O)c1ccc(NC(=O)C(C(C)C)N2CCCC2=O)cc1Cl. The minimum atomic E-state index is -0.503. The van der Waals surface area contributed by atoms with Crippen molar-refractivity contribution in [3.63, 3.8) is 0 Å². The van der Waals surface area contributed by atoms with Crippen molar-refractivity contribution in [1.29, 1.82) is 0 Å². The van der Waals surface area contributed by atoms with E-state index >= 15 is 0 Å². The Morgan fingerprint density at radius 1 is 1.30 bits per heavy atom. The van der Waals surface area contributed by atoms with Crippen LogP contribution in [0.1, 0.15) is 44.0 Å². The fraction of sp³-hybridized carbons (Fsp3) is 0.471. The molecule has 0 saturated carbocycles. The van der Waals surface area contributed by atoms with Crippen LogP contribution in [-0.2, 0) is 9.59 Å². The van der Waals surface area contributed by atoms with Gasteiger partial charge in [-0.25, -0.2) is 0 Å². The molecule has 1 unspecified atom stereocenters. The Morgan fingerprint density at radius 3 is 2.48 bits per heavy atom. The summed E-state index contributed by atoms with van der Waals surface area (Å²) in [5, 5.41) is 3.10. The maximum absolute atomic E-state index is 12.6. The highest BCUT2D eigenvalue weighted by molar-refractivity contribution is 6.34. The fourth-order valence-electron chi connectivity index (χ4n) is 2.86. The van der Waals surface area contributed by atoms with Gasteiger partial charge in [0.2, 0.25) is 11.8 Å². The standard InChI is InChI=1S/C17H21ClN2O3/c1-10(2)16(20-8-4-5-15(20)22)17(23)19-12-6-7-13(11(3)21)14(18)9-12/h6-7,9-10,16H,4-5,8H2,1-3H3,(H,19,23). The Balaban J connectivity index is 2.17. The van der Waals surface area contributed by atoms with Crippen LogP contribution in [0.25, 0.3) is 0 Å². The highest BCUT2D eigenvalue weighted by atomic mass is 35.5. The van der Waals surface area contributed by atoms with E-state index in [4.69, 9.17) is 11.6 Å². The number of anilines is 1. The minimum Gasteiger partial charge on any atom is -0.330 e. The number of nitrogens with zero attached hydrogens (tertiary/aromatic N) is 1. The molecular formula is C17H21ClN2O3. The van der Waals surface area contributed by atoms with Crippen molar-refractivity contribution in [1.82, 2.24) is 4.90 Å². The molecule has 1 atom stereocenters. The molecule has 6 heteroatoms. The van der Waals surface area contributed by atoms with Gasteiger partial charge in [0.25, 0.3) is 0 Å². The number of hydrogen-bond acceptors (Lipinski definition) is 3. The average Bonchev–Trinajstić information content (AvgIpc) is 2.84. The maximum atomic E-state index is 12.6. The van der Waals surface area contributed by atoms with Gasteiger partial charge in [0.15, 0.2) is 5.78 Å². The third-order valence-electron chi connectivity index (χ3n) is 3.96. The lowest BCUT2D eigenvalue weighted by Crippen LogP contribution is -2.47. The van der Waals surface area contributed by atoms with Crippen molar-refractivity contribution < 1.29 is 14.4 Å². The first-order chi connectivity index (χ1) is 10.8. The molecule has 1 saturated heterocycles. The minimum absolute atomic E-state index is 0.00372. The van der Waals surface area contributed by atoms with Crippen molar-refractivity contribution >= 4 is 34.9 Å². The zero-order valence-electron chi connectivity index (χ0n) is 13.6. The molecule has 1 aliphatic rings. The normalized spacial score (nSPS) is 15.9. The molecule has 1 aromatic carbocycles. The molecule has 2 amide bonds. The smallest absolute Gasteiger partial charge is 0.247 e.